The standard InChI is InChI=1S/C14H22N4/c1-9(12-6-10-3-4-11(12)5-10)18-14-7-13(15-2)16-8-17-14/h7-12H,3-6H2,1-2H3,(H2,15,16,17,18). The van der Waals surface area contributed by atoms with Crippen LogP contribution < -0.4 is 10.6 Å². The smallest absolute Gasteiger partial charge is 0.131 e. The third-order valence-electron chi connectivity index (χ3n) is 4.73. The summed E-state index contributed by atoms with van der Waals surface area (Å²) in [4.78, 5) is 8.44. The quantitative estimate of drug-likeness (QED) is 0.857. The predicted molar refractivity (Wildman–Crippen MR) is 73.6 cm³/mol. The third kappa shape index (κ3) is 2.16. The average molecular weight is 246 g/mol. The van der Waals surface area contributed by atoms with Crippen molar-refractivity contribution in [1.82, 2.24) is 9.97 Å². The van der Waals surface area contributed by atoms with Crippen molar-refractivity contribution in [3.8, 4) is 0 Å². The molecular formula is C14H22N4. The lowest BCUT2D eigenvalue weighted by Crippen LogP contribution is -2.30. The Morgan fingerprint density at radius 2 is 2.06 bits per heavy atom. The second-order valence-electron chi connectivity index (χ2n) is 5.81. The summed E-state index contributed by atoms with van der Waals surface area (Å²) < 4.78 is 0. The molecule has 1 heterocycles. The van der Waals surface area contributed by atoms with Gasteiger partial charge >= 0.3 is 0 Å². The first-order valence-corrected chi connectivity index (χ1v) is 7.02. The molecule has 4 unspecified atom stereocenters. The van der Waals surface area contributed by atoms with E-state index in [-0.39, 0.29) is 0 Å². The maximum Gasteiger partial charge on any atom is 0.131 e. The van der Waals surface area contributed by atoms with Crippen LogP contribution in [0.15, 0.2) is 12.4 Å². The molecule has 0 radical (unpaired) electrons. The fourth-order valence-corrected chi connectivity index (χ4v) is 3.82. The lowest BCUT2D eigenvalue weighted by atomic mass is 9.84. The normalized spacial score (nSPS) is 31.3. The first-order valence-electron chi connectivity index (χ1n) is 7.02. The number of nitrogens with zero attached hydrogens (tertiary/aromatic N) is 2. The Kier molecular flexibility index (Phi) is 3.10. The Morgan fingerprint density at radius 3 is 2.72 bits per heavy atom. The van der Waals surface area contributed by atoms with Crippen molar-refractivity contribution in [2.75, 3.05) is 17.7 Å². The van der Waals surface area contributed by atoms with Crippen LogP contribution in [0.25, 0.3) is 0 Å². The average Bonchev–Trinajstić information content (AvgIpc) is 3.01. The highest BCUT2D eigenvalue weighted by Gasteiger charge is 2.41. The first kappa shape index (κ1) is 11.8. The fraction of sp³-hybridized carbons (Fsp3) is 0.714. The molecule has 1 aromatic heterocycles. The van der Waals surface area contributed by atoms with Crippen molar-refractivity contribution < 1.29 is 0 Å². The van der Waals surface area contributed by atoms with Gasteiger partial charge in [0.15, 0.2) is 0 Å². The Morgan fingerprint density at radius 1 is 1.22 bits per heavy atom. The van der Waals surface area contributed by atoms with Gasteiger partial charge in [-0.3, -0.25) is 0 Å². The van der Waals surface area contributed by atoms with Crippen LogP contribution in [0.3, 0.4) is 0 Å². The topological polar surface area (TPSA) is 49.8 Å². The Labute approximate surface area is 109 Å². The van der Waals surface area contributed by atoms with Gasteiger partial charge in [-0.25, -0.2) is 9.97 Å². The number of hydrogen-bond donors (Lipinski definition) is 2. The zero-order chi connectivity index (χ0) is 12.5. The highest BCUT2D eigenvalue weighted by Crippen LogP contribution is 2.49. The Bertz CT molecular complexity index is 420. The molecule has 0 saturated heterocycles. The van der Waals surface area contributed by atoms with Gasteiger partial charge in [-0.2, -0.15) is 0 Å². The molecule has 18 heavy (non-hydrogen) atoms. The van der Waals surface area contributed by atoms with Gasteiger partial charge in [-0.1, -0.05) is 6.42 Å². The molecule has 1 aromatic rings. The summed E-state index contributed by atoms with van der Waals surface area (Å²) in [7, 11) is 1.88. The van der Waals surface area contributed by atoms with Crippen LogP contribution in [0.2, 0.25) is 0 Å². The molecule has 2 bridgehead atoms. The van der Waals surface area contributed by atoms with Crippen molar-refractivity contribution in [2.45, 2.75) is 38.6 Å². The molecule has 98 valence electrons. The third-order valence-corrected chi connectivity index (χ3v) is 4.73. The zero-order valence-electron chi connectivity index (χ0n) is 11.2. The summed E-state index contributed by atoms with van der Waals surface area (Å²) in [6, 6.07) is 2.49. The van der Waals surface area contributed by atoms with Gasteiger partial charge in [-0.15, -0.1) is 0 Å². The molecule has 0 amide bonds. The minimum absolute atomic E-state index is 0.514. The van der Waals surface area contributed by atoms with Crippen LogP contribution in [0.4, 0.5) is 11.6 Å². The molecule has 2 aliphatic rings. The SMILES string of the molecule is CNc1cc(NC(C)C2CC3CCC2C3)ncn1. The van der Waals surface area contributed by atoms with E-state index in [0.29, 0.717) is 6.04 Å². The number of fused-ring (bicyclic) bond motifs is 2. The van der Waals surface area contributed by atoms with E-state index >= 15 is 0 Å². The zero-order valence-corrected chi connectivity index (χ0v) is 11.2. The largest absolute Gasteiger partial charge is 0.373 e. The van der Waals surface area contributed by atoms with E-state index in [0.717, 1.165) is 29.4 Å². The molecule has 2 aliphatic carbocycles. The molecule has 4 heteroatoms. The summed E-state index contributed by atoms with van der Waals surface area (Å²) >= 11 is 0. The van der Waals surface area contributed by atoms with Gasteiger partial charge in [0, 0.05) is 19.2 Å². The van der Waals surface area contributed by atoms with Crippen LogP contribution in [0.1, 0.15) is 32.6 Å². The summed E-state index contributed by atoms with van der Waals surface area (Å²) in [6.45, 7) is 2.30. The van der Waals surface area contributed by atoms with Crippen LogP contribution in [-0.2, 0) is 0 Å². The van der Waals surface area contributed by atoms with E-state index < -0.39 is 0 Å². The Hall–Kier alpha value is -1.32. The molecule has 2 N–H and O–H groups in total. The van der Waals surface area contributed by atoms with Gasteiger partial charge in [0.2, 0.25) is 0 Å². The highest BCUT2D eigenvalue weighted by molar-refractivity contribution is 5.46. The second-order valence-corrected chi connectivity index (χ2v) is 5.81. The van der Waals surface area contributed by atoms with Crippen molar-refractivity contribution >= 4 is 11.6 Å². The molecule has 4 atom stereocenters. The highest BCUT2D eigenvalue weighted by atomic mass is 15.1. The van der Waals surface area contributed by atoms with E-state index in [1.54, 1.807) is 6.33 Å². The molecule has 4 nitrogen and oxygen atoms in total. The molecule has 0 spiro atoms. The van der Waals surface area contributed by atoms with Crippen LogP contribution in [0.5, 0.6) is 0 Å². The van der Waals surface area contributed by atoms with Gasteiger partial charge in [-0.05, 0) is 43.9 Å². The van der Waals surface area contributed by atoms with Gasteiger partial charge < -0.3 is 10.6 Å². The summed E-state index contributed by atoms with van der Waals surface area (Å²) in [5.41, 5.74) is 0. The molecule has 3 rings (SSSR count). The minimum atomic E-state index is 0.514. The second kappa shape index (κ2) is 4.75. The molecule has 2 fully saturated rings. The number of hydrogen-bond acceptors (Lipinski definition) is 4. The molecule has 0 aromatic carbocycles. The maximum absolute atomic E-state index is 4.30. The van der Waals surface area contributed by atoms with E-state index in [4.69, 9.17) is 0 Å². The molecule has 2 saturated carbocycles. The lowest BCUT2D eigenvalue weighted by molar-refractivity contribution is 0.304. The summed E-state index contributed by atoms with van der Waals surface area (Å²) in [5.74, 6) is 4.58. The predicted octanol–water partition coefficient (Wildman–Crippen LogP) is 2.75. The summed E-state index contributed by atoms with van der Waals surface area (Å²) in [5, 5.41) is 6.60. The van der Waals surface area contributed by atoms with Crippen LogP contribution in [0, 0.1) is 17.8 Å². The van der Waals surface area contributed by atoms with Crippen molar-refractivity contribution in [2.24, 2.45) is 17.8 Å². The van der Waals surface area contributed by atoms with Crippen molar-refractivity contribution in [3.05, 3.63) is 12.4 Å². The number of nitrogens with one attached hydrogen (secondary N) is 2. The lowest BCUT2D eigenvalue weighted by Gasteiger charge is -2.28. The van der Waals surface area contributed by atoms with E-state index in [1.165, 1.54) is 25.7 Å². The summed E-state index contributed by atoms with van der Waals surface area (Å²) in [6.07, 6.45) is 7.38. The first-order chi connectivity index (χ1) is 8.76. The van der Waals surface area contributed by atoms with E-state index in [9.17, 15) is 0 Å². The van der Waals surface area contributed by atoms with Gasteiger partial charge in [0.05, 0.1) is 0 Å². The van der Waals surface area contributed by atoms with Crippen LogP contribution in [-0.4, -0.2) is 23.1 Å². The molecular weight excluding hydrogens is 224 g/mol. The van der Waals surface area contributed by atoms with Gasteiger partial charge in [0.25, 0.3) is 0 Å². The monoisotopic (exact) mass is 246 g/mol. The fourth-order valence-electron chi connectivity index (χ4n) is 3.82. The van der Waals surface area contributed by atoms with Crippen molar-refractivity contribution in [3.63, 3.8) is 0 Å². The van der Waals surface area contributed by atoms with Gasteiger partial charge in [0.1, 0.15) is 18.0 Å². The number of rotatable bonds is 4. The molecule has 0 aliphatic heterocycles. The van der Waals surface area contributed by atoms with Crippen molar-refractivity contribution in [1.29, 1.82) is 0 Å². The van der Waals surface area contributed by atoms with Crippen LogP contribution >= 0.6 is 0 Å². The minimum Gasteiger partial charge on any atom is -0.373 e. The maximum atomic E-state index is 4.30. The van der Waals surface area contributed by atoms with E-state index in [2.05, 4.69) is 27.5 Å². The number of aromatic nitrogens is 2. The van der Waals surface area contributed by atoms with E-state index in [1.807, 2.05) is 13.1 Å². The number of anilines is 2. The Balaban J connectivity index is 1.65.